The van der Waals surface area contributed by atoms with E-state index in [1.807, 2.05) is 60.7 Å². The molecule has 0 radical (unpaired) electrons. The fourth-order valence-electron chi connectivity index (χ4n) is 3.55. The second kappa shape index (κ2) is 10.9. The van der Waals surface area contributed by atoms with Crippen LogP contribution >= 0.6 is 0 Å². The second-order valence-corrected chi connectivity index (χ2v) is 7.69. The molecule has 0 spiro atoms. The Kier molecular flexibility index (Phi) is 7.53. The molecule has 10 heteroatoms. The summed E-state index contributed by atoms with van der Waals surface area (Å²) in [6.45, 7) is -0.0778. The summed E-state index contributed by atoms with van der Waals surface area (Å²) < 4.78 is 23.2. The number of nitrogens with two attached hydrogens (primary N) is 1. The first-order valence-corrected chi connectivity index (χ1v) is 10.7. The van der Waals surface area contributed by atoms with Crippen LogP contribution < -0.4 is 11.4 Å². The number of carbonyl (C=O) groups excluding carboxylic acids is 1. The molecule has 0 unspecified atom stereocenters. The van der Waals surface area contributed by atoms with Gasteiger partial charge in [-0.05, 0) is 17.2 Å². The highest BCUT2D eigenvalue weighted by atomic mass is 16.7. The van der Waals surface area contributed by atoms with Crippen LogP contribution in [0.3, 0.4) is 0 Å². The van der Waals surface area contributed by atoms with Gasteiger partial charge in [-0.2, -0.15) is 4.98 Å². The zero-order valence-corrected chi connectivity index (χ0v) is 18.2. The highest BCUT2D eigenvalue weighted by Gasteiger charge is 2.46. The topological polar surface area (TPSA) is 135 Å². The van der Waals surface area contributed by atoms with Gasteiger partial charge in [-0.1, -0.05) is 60.7 Å². The maximum Gasteiger partial charge on any atom is 0.508 e. The Morgan fingerprint density at radius 2 is 1.65 bits per heavy atom. The molecule has 34 heavy (non-hydrogen) atoms. The van der Waals surface area contributed by atoms with Crippen LogP contribution in [0.1, 0.15) is 17.4 Å². The first kappa shape index (κ1) is 23.4. The number of ether oxygens (including phenoxy) is 4. The van der Waals surface area contributed by atoms with Crippen molar-refractivity contribution in [3.63, 3.8) is 0 Å². The average Bonchev–Trinajstić information content (AvgIpc) is 3.16. The monoisotopic (exact) mass is 467 g/mol. The van der Waals surface area contributed by atoms with Crippen LogP contribution in [-0.2, 0) is 32.2 Å². The summed E-state index contributed by atoms with van der Waals surface area (Å²) in [5, 5.41) is 10.9. The number of aromatic nitrogens is 2. The zero-order valence-electron chi connectivity index (χ0n) is 18.2. The van der Waals surface area contributed by atoms with Crippen molar-refractivity contribution >= 4 is 12.0 Å². The minimum Gasteiger partial charge on any atom is -0.431 e. The molecule has 4 rings (SSSR count). The SMILES string of the molecule is Nc1ccn([C@@H]2O[C@H](COC(=O)OCc3ccccc3)[C@@H](O)[C@H]2OCc2ccccc2)c(=O)n1. The Morgan fingerprint density at radius 1 is 1.00 bits per heavy atom. The van der Waals surface area contributed by atoms with E-state index in [9.17, 15) is 14.7 Å². The number of benzene rings is 2. The third-order valence-electron chi connectivity index (χ3n) is 5.29. The number of carbonyl (C=O) groups is 1. The molecule has 1 aliphatic rings. The highest BCUT2D eigenvalue weighted by Crippen LogP contribution is 2.32. The van der Waals surface area contributed by atoms with Crippen molar-refractivity contribution in [2.24, 2.45) is 0 Å². The van der Waals surface area contributed by atoms with Gasteiger partial charge in [0.1, 0.15) is 37.3 Å². The Hall–Kier alpha value is -3.73. The van der Waals surface area contributed by atoms with Gasteiger partial charge in [-0.15, -0.1) is 0 Å². The number of nitrogens with zero attached hydrogens (tertiary/aromatic N) is 2. The smallest absolute Gasteiger partial charge is 0.431 e. The lowest BCUT2D eigenvalue weighted by atomic mass is 10.1. The highest BCUT2D eigenvalue weighted by molar-refractivity contribution is 5.59. The van der Waals surface area contributed by atoms with Crippen molar-refractivity contribution in [3.8, 4) is 0 Å². The van der Waals surface area contributed by atoms with E-state index in [2.05, 4.69) is 4.98 Å². The number of rotatable bonds is 8. The second-order valence-electron chi connectivity index (χ2n) is 7.69. The third-order valence-corrected chi connectivity index (χ3v) is 5.29. The summed E-state index contributed by atoms with van der Waals surface area (Å²) in [4.78, 5) is 28.1. The van der Waals surface area contributed by atoms with Crippen LogP contribution in [0.4, 0.5) is 10.6 Å². The fourth-order valence-corrected chi connectivity index (χ4v) is 3.55. The van der Waals surface area contributed by atoms with Crippen molar-refractivity contribution in [3.05, 3.63) is 94.5 Å². The van der Waals surface area contributed by atoms with Crippen LogP contribution in [0.5, 0.6) is 0 Å². The summed E-state index contributed by atoms with van der Waals surface area (Å²) in [6.07, 6.45) is -3.58. The van der Waals surface area contributed by atoms with Gasteiger partial charge in [-0.25, -0.2) is 9.59 Å². The minimum absolute atomic E-state index is 0.0473. The summed E-state index contributed by atoms with van der Waals surface area (Å²) in [5.74, 6) is 0.0580. The molecule has 1 saturated heterocycles. The van der Waals surface area contributed by atoms with Crippen molar-refractivity contribution < 1.29 is 28.8 Å². The number of aliphatic hydroxyl groups is 1. The molecular formula is C24H25N3O7. The van der Waals surface area contributed by atoms with E-state index < -0.39 is 36.4 Å². The molecule has 3 aromatic rings. The van der Waals surface area contributed by atoms with Crippen molar-refractivity contribution in [2.75, 3.05) is 12.3 Å². The zero-order chi connectivity index (χ0) is 23.9. The van der Waals surface area contributed by atoms with Gasteiger partial charge < -0.3 is 29.8 Å². The van der Waals surface area contributed by atoms with E-state index in [-0.39, 0.29) is 25.6 Å². The predicted molar refractivity (Wildman–Crippen MR) is 120 cm³/mol. The quantitative estimate of drug-likeness (QED) is 0.477. The van der Waals surface area contributed by atoms with Gasteiger partial charge in [0.05, 0.1) is 6.61 Å². The summed E-state index contributed by atoms with van der Waals surface area (Å²) >= 11 is 0. The molecule has 0 amide bonds. The summed E-state index contributed by atoms with van der Waals surface area (Å²) in [6, 6.07) is 19.9. The van der Waals surface area contributed by atoms with Gasteiger partial charge in [-0.3, -0.25) is 4.57 Å². The number of aliphatic hydroxyl groups excluding tert-OH is 1. The fraction of sp³-hybridized carbons (Fsp3) is 0.292. The Bertz CT molecular complexity index is 1140. The van der Waals surface area contributed by atoms with E-state index in [1.165, 1.54) is 16.8 Å². The van der Waals surface area contributed by atoms with Crippen molar-refractivity contribution in [2.45, 2.75) is 37.8 Å². The van der Waals surface area contributed by atoms with Gasteiger partial charge >= 0.3 is 11.8 Å². The maximum absolute atomic E-state index is 12.4. The Morgan fingerprint density at radius 3 is 2.29 bits per heavy atom. The first-order chi connectivity index (χ1) is 16.5. The Balaban J connectivity index is 1.42. The molecule has 1 fully saturated rings. The number of anilines is 1. The van der Waals surface area contributed by atoms with Crippen LogP contribution in [-0.4, -0.2) is 45.7 Å². The van der Waals surface area contributed by atoms with E-state index in [0.29, 0.717) is 0 Å². The average molecular weight is 467 g/mol. The number of nitrogen functional groups attached to an aromatic ring is 1. The maximum atomic E-state index is 12.4. The normalized spacial score (nSPS) is 21.8. The van der Waals surface area contributed by atoms with E-state index in [0.717, 1.165) is 11.1 Å². The van der Waals surface area contributed by atoms with Gasteiger partial charge in [0.15, 0.2) is 6.23 Å². The molecule has 4 atom stereocenters. The Labute approximate surface area is 195 Å². The van der Waals surface area contributed by atoms with Crippen LogP contribution in [0, 0.1) is 0 Å². The molecular weight excluding hydrogens is 442 g/mol. The summed E-state index contributed by atoms with van der Waals surface area (Å²) in [5.41, 5.74) is 6.61. The lowest BCUT2D eigenvalue weighted by Gasteiger charge is -2.22. The lowest BCUT2D eigenvalue weighted by molar-refractivity contribution is -0.0818. The van der Waals surface area contributed by atoms with Crippen LogP contribution in [0.15, 0.2) is 77.7 Å². The molecule has 178 valence electrons. The summed E-state index contributed by atoms with van der Waals surface area (Å²) in [7, 11) is 0. The van der Waals surface area contributed by atoms with Crippen LogP contribution in [0.2, 0.25) is 0 Å². The minimum atomic E-state index is -1.19. The molecule has 0 bridgehead atoms. The molecule has 3 N–H and O–H groups in total. The standard InChI is InChI=1S/C24H25N3O7/c25-19-11-12-27(23(29)26-19)22-21(31-13-16-7-3-1-4-8-16)20(28)18(34-22)15-33-24(30)32-14-17-9-5-2-6-10-17/h1-12,18,20-22,28H,13-15H2,(H2,25,26,29)/t18-,20-,21-,22-/m1/s1. The first-order valence-electron chi connectivity index (χ1n) is 10.7. The molecule has 1 aliphatic heterocycles. The van der Waals surface area contributed by atoms with Gasteiger partial charge in [0.2, 0.25) is 0 Å². The third kappa shape index (κ3) is 5.79. The van der Waals surface area contributed by atoms with E-state index in [1.54, 1.807) is 0 Å². The molecule has 0 aliphatic carbocycles. The van der Waals surface area contributed by atoms with Crippen LogP contribution in [0.25, 0.3) is 0 Å². The molecule has 2 heterocycles. The van der Waals surface area contributed by atoms with Gasteiger partial charge in [0, 0.05) is 6.20 Å². The van der Waals surface area contributed by atoms with Crippen molar-refractivity contribution in [1.29, 1.82) is 0 Å². The molecule has 0 saturated carbocycles. The predicted octanol–water partition coefficient (Wildman–Crippen LogP) is 2.02. The number of hydrogen-bond acceptors (Lipinski definition) is 9. The van der Waals surface area contributed by atoms with Crippen molar-refractivity contribution in [1.82, 2.24) is 9.55 Å². The lowest BCUT2D eigenvalue weighted by Crippen LogP contribution is -2.38. The number of hydrogen-bond donors (Lipinski definition) is 2. The molecule has 2 aromatic carbocycles. The van der Waals surface area contributed by atoms with E-state index in [4.69, 9.17) is 24.7 Å². The molecule has 10 nitrogen and oxygen atoms in total. The van der Waals surface area contributed by atoms with Gasteiger partial charge in [0.25, 0.3) is 0 Å². The molecule has 1 aromatic heterocycles. The van der Waals surface area contributed by atoms with E-state index >= 15 is 0 Å². The largest absolute Gasteiger partial charge is 0.508 e.